The predicted molar refractivity (Wildman–Crippen MR) is 103 cm³/mol. The molecule has 1 saturated heterocycles. The van der Waals surface area contributed by atoms with Gasteiger partial charge in [0.1, 0.15) is 4.84 Å². The second kappa shape index (κ2) is 8.13. The Morgan fingerprint density at radius 2 is 1.88 bits per heavy atom. The van der Waals surface area contributed by atoms with Crippen LogP contribution in [-0.2, 0) is 10.0 Å². The van der Waals surface area contributed by atoms with Crippen LogP contribution in [0, 0.1) is 5.92 Å². The molecule has 0 radical (unpaired) electrons. The number of piperidine rings is 1. The molecule has 1 aromatic rings. The van der Waals surface area contributed by atoms with Gasteiger partial charge in [-0.05, 0) is 68.8 Å². The van der Waals surface area contributed by atoms with Crippen molar-refractivity contribution >= 4 is 33.2 Å². The topological polar surface area (TPSA) is 49.4 Å². The van der Waals surface area contributed by atoms with E-state index in [0.29, 0.717) is 11.6 Å². The van der Waals surface area contributed by atoms with Crippen LogP contribution in [0.15, 0.2) is 29.2 Å². The van der Waals surface area contributed by atoms with Crippen molar-refractivity contribution in [2.45, 2.75) is 60.8 Å². The molecule has 1 saturated carbocycles. The predicted octanol–water partition coefficient (Wildman–Crippen LogP) is 4.09. The highest BCUT2D eigenvalue weighted by atomic mass is 35.5. The van der Waals surface area contributed by atoms with Crippen molar-refractivity contribution in [1.82, 2.24) is 9.62 Å². The molecule has 1 aliphatic carbocycles. The van der Waals surface area contributed by atoms with E-state index in [1.54, 1.807) is 24.3 Å². The summed E-state index contributed by atoms with van der Waals surface area (Å²) in [5.74, 6) is 0.812. The number of hydrogen-bond donors (Lipinski definition) is 1. The lowest BCUT2D eigenvalue weighted by atomic mass is 9.97. The van der Waals surface area contributed by atoms with E-state index in [1.807, 2.05) is 0 Å². The normalized spacial score (nSPS) is 26.4. The van der Waals surface area contributed by atoms with E-state index in [2.05, 4.69) is 16.5 Å². The SMILES string of the molecule is CC1CCN(C2CCC(NS(=O)(=O)c3cccc(C(Cl)Cl)c3)C2)CC1. The third-order valence-electron chi connectivity index (χ3n) is 5.48. The van der Waals surface area contributed by atoms with Crippen molar-refractivity contribution < 1.29 is 8.42 Å². The van der Waals surface area contributed by atoms with E-state index in [1.165, 1.54) is 12.8 Å². The first-order valence-electron chi connectivity index (χ1n) is 8.99. The highest BCUT2D eigenvalue weighted by molar-refractivity contribution is 7.89. The van der Waals surface area contributed by atoms with Crippen molar-refractivity contribution in [3.63, 3.8) is 0 Å². The Hall–Kier alpha value is -0.330. The van der Waals surface area contributed by atoms with Crippen LogP contribution in [0.25, 0.3) is 0 Å². The van der Waals surface area contributed by atoms with Gasteiger partial charge in [0.2, 0.25) is 10.0 Å². The van der Waals surface area contributed by atoms with Gasteiger partial charge in [0.15, 0.2) is 0 Å². The maximum absolute atomic E-state index is 12.7. The molecule has 2 fully saturated rings. The number of rotatable bonds is 5. The van der Waals surface area contributed by atoms with Gasteiger partial charge in [-0.15, -0.1) is 23.2 Å². The third kappa shape index (κ3) is 4.89. The molecule has 2 atom stereocenters. The second-order valence-electron chi connectivity index (χ2n) is 7.38. The van der Waals surface area contributed by atoms with Gasteiger partial charge in [-0.25, -0.2) is 13.1 Å². The van der Waals surface area contributed by atoms with Gasteiger partial charge in [-0.1, -0.05) is 19.1 Å². The van der Waals surface area contributed by atoms with Crippen LogP contribution in [0.4, 0.5) is 0 Å². The highest BCUT2D eigenvalue weighted by Gasteiger charge is 2.33. The summed E-state index contributed by atoms with van der Waals surface area (Å²) in [6.45, 7) is 4.59. The maximum atomic E-state index is 12.7. The van der Waals surface area contributed by atoms with Gasteiger partial charge >= 0.3 is 0 Å². The Kier molecular flexibility index (Phi) is 6.32. The molecule has 0 spiro atoms. The lowest BCUT2D eigenvalue weighted by Gasteiger charge is -2.35. The summed E-state index contributed by atoms with van der Waals surface area (Å²) in [6.07, 6.45) is 5.34. The first-order valence-corrected chi connectivity index (χ1v) is 11.4. The van der Waals surface area contributed by atoms with Crippen LogP contribution >= 0.6 is 23.2 Å². The number of likely N-dealkylation sites (tertiary alicyclic amines) is 1. The fourth-order valence-corrected chi connectivity index (χ4v) is 5.50. The molecule has 7 heteroatoms. The summed E-state index contributed by atoms with van der Waals surface area (Å²) >= 11 is 11.7. The molecule has 0 bridgehead atoms. The average molecular weight is 405 g/mol. The second-order valence-corrected chi connectivity index (χ2v) is 10.2. The van der Waals surface area contributed by atoms with Gasteiger partial charge in [0.25, 0.3) is 0 Å². The van der Waals surface area contributed by atoms with Gasteiger partial charge in [0, 0.05) is 12.1 Å². The van der Waals surface area contributed by atoms with Crippen LogP contribution in [0.2, 0.25) is 0 Å². The van der Waals surface area contributed by atoms with Gasteiger partial charge in [-0.3, -0.25) is 0 Å². The van der Waals surface area contributed by atoms with Crippen molar-refractivity contribution in [2.75, 3.05) is 13.1 Å². The van der Waals surface area contributed by atoms with Crippen molar-refractivity contribution in [1.29, 1.82) is 0 Å². The molecular weight excluding hydrogens is 379 g/mol. The zero-order chi connectivity index (χ0) is 18.0. The summed E-state index contributed by atoms with van der Waals surface area (Å²) < 4.78 is 28.2. The lowest BCUT2D eigenvalue weighted by Crippen LogP contribution is -2.41. The Bertz CT molecular complexity index is 688. The lowest BCUT2D eigenvalue weighted by molar-refractivity contribution is 0.139. The Labute approximate surface area is 160 Å². The molecule has 2 unspecified atom stereocenters. The van der Waals surface area contributed by atoms with Crippen LogP contribution in [0.3, 0.4) is 0 Å². The monoisotopic (exact) mass is 404 g/mol. The molecule has 140 valence electrons. The minimum absolute atomic E-state index is 0.000746. The number of hydrogen-bond acceptors (Lipinski definition) is 3. The van der Waals surface area contributed by atoms with Crippen LogP contribution in [0.5, 0.6) is 0 Å². The smallest absolute Gasteiger partial charge is 0.240 e. The van der Waals surface area contributed by atoms with Crippen LogP contribution in [-0.4, -0.2) is 38.5 Å². The van der Waals surface area contributed by atoms with Gasteiger partial charge < -0.3 is 4.90 Å². The first kappa shape index (κ1) is 19.4. The Morgan fingerprint density at radius 1 is 1.16 bits per heavy atom. The van der Waals surface area contributed by atoms with E-state index >= 15 is 0 Å². The maximum Gasteiger partial charge on any atom is 0.240 e. The highest BCUT2D eigenvalue weighted by Crippen LogP contribution is 2.30. The molecule has 1 aliphatic heterocycles. The van der Waals surface area contributed by atoms with E-state index in [9.17, 15) is 8.42 Å². The van der Waals surface area contributed by atoms with E-state index in [-0.39, 0.29) is 10.9 Å². The molecule has 4 nitrogen and oxygen atoms in total. The number of nitrogens with one attached hydrogen (secondary N) is 1. The zero-order valence-corrected chi connectivity index (χ0v) is 16.8. The molecular formula is C18H26Cl2N2O2S. The molecule has 1 aromatic carbocycles. The molecule has 0 amide bonds. The van der Waals surface area contributed by atoms with Crippen molar-refractivity contribution in [2.24, 2.45) is 5.92 Å². The third-order valence-corrected chi connectivity index (χ3v) is 7.50. The number of nitrogens with zero attached hydrogens (tertiary/aromatic N) is 1. The van der Waals surface area contributed by atoms with Gasteiger partial charge in [-0.2, -0.15) is 0 Å². The quantitative estimate of drug-likeness (QED) is 0.751. The minimum atomic E-state index is -3.55. The average Bonchev–Trinajstić information content (AvgIpc) is 3.03. The number of alkyl halides is 2. The number of halogens is 2. The molecule has 1 heterocycles. The summed E-state index contributed by atoms with van der Waals surface area (Å²) in [5, 5.41) is 0. The van der Waals surface area contributed by atoms with E-state index in [0.717, 1.165) is 38.3 Å². The van der Waals surface area contributed by atoms with Crippen molar-refractivity contribution in [3.05, 3.63) is 29.8 Å². The molecule has 25 heavy (non-hydrogen) atoms. The fraction of sp³-hybridized carbons (Fsp3) is 0.667. The van der Waals surface area contributed by atoms with Crippen molar-refractivity contribution in [3.8, 4) is 0 Å². The molecule has 0 aromatic heterocycles. The Morgan fingerprint density at radius 3 is 2.56 bits per heavy atom. The van der Waals surface area contributed by atoms with E-state index in [4.69, 9.17) is 23.2 Å². The first-order chi connectivity index (χ1) is 11.8. The number of sulfonamides is 1. The van der Waals surface area contributed by atoms with Crippen LogP contribution in [0.1, 0.15) is 49.4 Å². The molecule has 3 rings (SSSR count). The summed E-state index contributed by atoms with van der Waals surface area (Å²) in [7, 11) is -3.55. The fourth-order valence-electron chi connectivity index (χ4n) is 3.89. The summed E-state index contributed by atoms with van der Waals surface area (Å²) in [4.78, 5) is 2.04. The van der Waals surface area contributed by atoms with E-state index < -0.39 is 14.9 Å². The summed E-state index contributed by atoms with van der Waals surface area (Å²) in [5.41, 5.74) is 0.595. The van der Waals surface area contributed by atoms with Crippen LogP contribution < -0.4 is 4.72 Å². The summed E-state index contributed by atoms with van der Waals surface area (Å²) in [6, 6.07) is 7.04. The molecule has 2 aliphatic rings. The number of benzene rings is 1. The Balaban J connectivity index is 1.61. The minimum Gasteiger partial charge on any atom is -0.300 e. The largest absolute Gasteiger partial charge is 0.300 e. The zero-order valence-electron chi connectivity index (χ0n) is 14.5. The molecule has 1 N–H and O–H groups in total. The standard InChI is InChI=1S/C18H26Cl2N2O2S/c1-13-7-9-22(10-8-13)16-6-5-15(12-16)21-25(23,24)17-4-2-3-14(11-17)18(19)20/h2-4,11,13,15-16,18,21H,5-10,12H2,1H3. The van der Waals surface area contributed by atoms with Gasteiger partial charge in [0.05, 0.1) is 4.90 Å².